The van der Waals surface area contributed by atoms with Gasteiger partial charge in [-0.1, -0.05) is 42.5 Å². The molecule has 4 aromatic rings. The van der Waals surface area contributed by atoms with E-state index in [1.807, 2.05) is 54.7 Å². The summed E-state index contributed by atoms with van der Waals surface area (Å²) in [7, 11) is 0. The molecule has 0 N–H and O–H groups in total. The maximum Gasteiger partial charge on any atom is 0.232 e. The van der Waals surface area contributed by atoms with Crippen molar-refractivity contribution in [3.63, 3.8) is 0 Å². The van der Waals surface area contributed by atoms with Crippen molar-refractivity contribution in [2.24, 2.45) is 0 Å². The molecule has 2 aromatic heterocycles. The van der Waals surface area contributed by atoms with Crippen LogP contribution >= 0.6 is 0 Å². The molecule has 0 unspecified atom stereocenters. The van der Waals surface area contributed by atoms with Gasteiger partial charge in [0.2, 0.25) is 5.91 Å². The highest BCUT2D eigenvalue weighted by molar-refractivity contribution is 5.92. The highest BCUT2D eigenvalue weighted by Gasteiger charge is 2.11. The van der Waals surface area contributed by atoms with Gasteiger partial charge in [0.05, 0.1) is 11.0 Å². The van der Waals surface area contributed by atoms with E-state index in [4.69, 9.17) is 0 Å². The molecule has 0 radical (unpaired) electrons. The Morgan fingerprint density at radius 3 is 2.65 bits per heavy atom. The summed E-state index contributed by atoms with van der Waals surface area (Å²) in [6.07, 6.45) is 7.45. The molecule has 0 aliphatic heterocycles. The predicted molar refractivity (Wildman–Crippen MR) is 103 cm³/mol. The third-order valence-corrected chi connectivity index (χ3v) is 4.51. The normalized spacial score (nSPS) is 10.9. The molecule has 2 aromatic carbocycles. The van der Waals surface area contributed by atoms with Crippen molar-refractivity contribution in [1.82, 2.24) is 14.5 Å². The zero-order chi connectivity index (χ0) is 17.8. The van der Waals surface area contributed by atoms with Crippen molar-refractivity contribution in [3.8, 4) is 11.1 Å². The molecule has 4 heteroatoms. The van der Waals surface area contributed by atoms with Crippen LogP contribution in [0.25, 0.3) is 22.2 Å². The van der Waals surface area contributed by atoms with Crippen LogP contribution in [-0.4, -0.2) is 20.4 Å². The summed E-state index contributed by atoms with van der Waals surface area (Å²) in [4.78, 5) is 21.1. The Balaban J connectivity index is 1.49. The van der Waals surface area contributed by atoms with Gasteiger partial charge in [0.1, 0.15) is 6.33 Å². The summed E-state index contributed by atoms with van der Waals surface area (Å²) in [5.74, 6) is 0.0811. The van der Waals surface area contributed by atoms with E-state index in [-0.39, 0.29) is 5.91 Å². The number of nitrogens with zero attached hydrogens (tertiary/aromatic N) is 3. The van der Waals surface area contributed by atoms with E-state index in [9.17, 15) is 4.79 Å². The molecule has 4 rings (SSSR count). The Hall–Kier alpha value is -3.27. The number of benzene rings is 2. The third kappa shape index (κ3) is 3.40. The van der Waals surface area contributed by atoms with Crippen LogP contribution in [0.15, 0.2) is 79.4 Å². The molecular formula is C22H19N3O. The van der Waals surface area contributed by atoms with Crippen LogP contribution in [0.3, 0.4) is 0 Å². The Labute approximate surface area is 152 Å². The number of aromatic nitrogens is 3. The molecule has 0 saturated carbocycles. The van der Waals surface area contributed by atoms with Gasteiger partial charge < -0.3 is 0 Å². The lowest BCUT2D eigenvalue weighted by molar-refractivity contribution is 0.0905. The number of imidazole rings is 1. The first-order valence-corrected chi connectivity index (χ1v) is 8.76. The molecule has 0 saturated heterocycles. The molecule has 128 valence electrons. The minimum atomic E-state index is 0.0811. The van der Waals surface area contributed by atoms with Crippen molar-refractivity contribution < 1.29 is 4.79 Å². The number of pyridine rings is 1. The first-order valence-electron chi connectivity index (χ1n) is 8.76. The Morgan fingerprint density at radius 2 is 1.85 bits per heavy atom. The van der Waals surface area contributed by atoms with Gasteiger partial charge in [-0.15, -0.1) is 0 Å². The van der Waals surface area contributed by atoms with Crippen molar-refractivity contribution >= 4 is 16.9 Å². The van der Waals surface area contributed by atoms with E-state index in [1.165, 1.54) is 5.56 Å². The second-order valence-electron chi connectivity index (χ2n) is 6.29. The lowest BCUT2D eigenvalue weighted by Crippen LogP contribution is -2.09. The molecule has 0 amide bonds. The van der Waals surface area contributed by atoms with E-state index in [0.717, 1.165) is 35.0 Å². The second kappa shape index (κ2) is 7.31. The number of carbonyl (C=O) groups excluding carboxylic acids is 1. The largest absolute Gasteiger partial charge is 0.274 e. The summed E-state index contributed by atoms with van der Waals surface area (Å²) >= 11 is 0. The van der Waals surface area contributed by atoms with Crippen molar-refractivity contribution in [2.75, 3.05) is 0 Å². The van der Waals surface area contributed by atoms with Crippen LogP contribution < -0.4 is 0 Å². The molecule has 2 heterocycles. The number of hydrogen-bond acceptors (Lipinski definition) is 3. The second-order valence-corrected chi connectivity index (χ2v) is 6.29. The highest BCUT2D eigenvalue weighted by atomic mass is 16.2. The number of hydrogen-bond donors (Lipinski definition) is 0. The van der Waals surface area contributed by atoms with Crippen LogP contribution in [-0.2, 0) is 6.42 Å². The first-order chi connectivity index (χ1) is 12.8. The van der Waals surface area contributed by atoms with Crippen molar-refractivity contribution in [2.45, 2.75) is 19.3 Å². The first kappa shape index (κ1) is 16.2. The van der Waals surface area contributed by atoms with Gasteiger partial charge in [0.15, 0.2) is 0 Å². The smallest absolute Gasteiger partial charge is 0.232 e. The highest BCUT2D eigenvalue weighted by Crippen LogP contribution is 2.23. The van der Waals surface area contributed by atoms with E-state index in [2.05, 4.69) is 22.1 Å². The van der Waals surface area contributed by atoms with Crippen LogP contribution in [0.4, 0.5) is 0 Å². The molecule has 0 bridgehead atoms. The topological polar surface area (TPSA) is 47.8 Å². The van der Waals surface area contributed by atoms with Crippen LogP contribution in [0.2, 0.25) is 0 Å². The van der Waals surface area contributed by atoms with Crippen molar-refractivity contribution in [1.29, 1.82) is 0 Å². The molecule has 0 spiro atoms. The van der Waals surface area contributed by atoms with Crippen LogP contribution in [0, 0.1) is 0 Å². The van der Waals surface area contributed by atoms with Gasteiger partial charge in [0, 0.05) is 24.4 Å². The SMILES string of the molecule is O=C(CCCc1ccccc1)n1cnc2cc(-c3cccnc3)ccc21. The Kier molecular flexibility index (Phi) is 4.56. The van der Waals surface area contributed by atoms with E-state index in [1.54, 1.807) is 17.1 Å². The fourth-order valence-electron chi connectivity index (χ4n) is 3.13. The van der Waals surface area contributed by atoms with Gasteiger partial charge in [0.25, 0.3) is 0 Å². The number of aryl methyl sites for hydroxylation is 1. The van der Waals surface area contributed by atoms with Gasteiger partial charge in [-0.3, -0.25) is 14.3 Å². The summed E-state index contributed by atoms with van der Waals surface area (Å²) in [5.41, 5.74) is 5.02. The van der Waals surface area contributed by atoms with E-state index >= 15 is 0 Å². The molecule has 26 heavy (non-hydrogen) atoms. The van der Waals surface area contributed by atoms with Gasteiger partial charge in [-0.05, 0) is 42.2 Å². The lowest BCUT2D eigenvalue weighted by Gasteiger charge is -2.05. The number of rotatable bonds is 5. The standard InChI is InChI=1S/C22H19N3O/c26-22(10-4-8-17-6-2-1-3-7-17)25-16-24-20-14-18(11-12-21(20)25)19-9-5-13-23-15-19/h1-3,5-7,9,11-16H,4,8,10H2. The number of carbonyl (C=O) groups is 1. The summed E-state index contributed by atoms with van der Waals surface area (Å²) < 4.78 is 1.66. The monoisotopic (exact) mass is 341 g/mol. The minimum Gasteiger partial charge on any atom is -0.274 e. The number of fused-ring (bicyclic) bond motifs is 1. The van der Waals surface area contributed by atoms with Gasteiger partial charge >= 0.3 is 0 Å². The van der Waals surface area contributed by atoms with Gasteiger partial charge in [-0.25, -0.2) is 4.98 Å². The molecular weight excluding hydrogens is 322 g/mol. The Morgan fingerprint density at radius 1 is 0.962 bits per heavy atom. The van der Waals surface area contributed by atoms with Gasteiger partial charge in [-0.2, -0.15) is 0 Å². The van der Waals surface area contributed by atoms with E-state index in [0.29, 0.717) is 6.42 Å². The summed E-state index contributed by atoms with van der Waals surface area (Å²) in [6.45, 7) is 0. The average Bonchev–Trinajstić information content (AvgIpc) is 3.13. The van der Waals surface area contributed by atoms with Crippen molar-refractivity contribution in [3.05, 3.63) is 84.9 Å². The van der Waals surface area contributed by atoms with E-state index < -0.39 is 0 Å². The zero-order valence-corrected chi connectivity index (χ0v) is 14.4. The predicted octanol–water partition coefficient (Wildman–Crippen LogP) is 4.76. The summed E-state index contributed by atoms with van der Waals surface area (Å²) in [6, 6.07) is 20.1. The fraction of sp³-hybridized carbons (Fsp3) is 0.136. The van der Waals surface area contributed by atoms with Crippen LogP contribution in [0.1, 0.15) is 23.2 Å². The molecule has 0 aliphatic rings. The third-order valence-electron chi connectivity index (χ3n) is 4.51. The zero-order valence-electron chi connectivity index (χ0n) is 14.4. The quantitative estimate of drug-likeness (QED) is 0.526. The van der Waals surface area contributed by atoms with Crippen LogP contribution in [0.5, 0.6) is 0 Å². The molecule has 4 nitrogen and oxygen atoms in total. The molecule has 0 fully saturated rings. The maximum atomic E-state index is 12.6. The Bertz CT molecular complexity index is 1020. The fourth-order valence-corrected chi connectivity index (χ4v) is 3.13. The average molecular weight is 341 g/mol. The minimum absolute atomic E-state index is 0.0811. The maximum absolute atomic E-state index is 12.6. The molecule has 0 atom stereocenters. The lowest BCUT2D eigenvalue weighted by atomic mass is 10.1. The summed E-state index contributed by atoms with van der Waals surface area (Å²) in [5, 5.41) is 0. The molecule has 0 aliphatic carbocycles.